The van der Waals surface area contributed by atoms with Crippen molar-refractivity contribution in [2.24, 2.45) is 0 Å². The number of fused-ring (bicyclic) bond motifs is 1. The maximum atomic E-state index is 12.3. The molecular weight excluding hydrogens is 320 g/mol. The lowest BCUT2D eigenvalue weighted by atomic mass is 10.0. The van der Waals surface area contributed by atoms with Gasteiger partial charge in [-0.1, -0.05) is 19.8 Å². The third-order valence-corrected chi connectivity index (χ3v) is 5.18. The lowest BCUT2D eigenvalue weighted by Gasteiger charge is -2.49. The Bertz CT molecular complexity index is 534. The zero-order chi connectivity index (χ0) is 17.0. The number of hydrogen-bond donors (Lipinski definition) is 2. The van der Waals surface area contributed by atoms with Gasteiger partial charge in [0.15, 0.2) is 0 Å². The summed E-state index contributed by atoms with van der Waals surface area (Å²) in [5.74, 6) is -1.41. The minimum atomic E-state index is -1.16. The summed E-state index contributed by atoms with van der Waals surface area (Å²) in [6.07, 6.45) is 3.20. The van der Waals surface area contributed by atoms with Gasteiger partial charge in [-0.05, 0) is 13.0 Å². The summed E-state index contributed by atoms with van der Waals surface area (Å²) in [5, 5.41) is 12.4. The van der Waals surface area contributed by atoms with Crippen LogP contribution in [-0.2, 0) is 19.1 Å². The molecule has 2 N–H and O–H groups in total. The van der Waals surface area contributed by atoms with E-state index >= 15 is 0 Å². The maximum absolute atomic E-state index is 12.3. The molecule has 1 unspecified atom stereocenters. The van der Waals surface area contributed by atoms with Crippen LogP contribution in [0.15, 0.2) is 11.3 Å². The Morgan fingerprint density at radius 2 is 2.17 bits per heavy atom. The van der Waals surface area contributed by atoms with E-state index in [1.54, 1.807) is 0 Å². The second-order valence-electron chi connectivity index (χ2n) is 5.59. The van der Waals surface area contributed by atoms with Crippen molar-refractivity contribution >= 4 is 29.6 Å². The minimum Gasteiger partial charge on any atom is -0.477 e. The number of thioether (sulfide) groups is 1. The summed E-state index contributed by atoms with van der Waals surface area (Å²) in [5.41, 5.74) is 0.429. The molecule has 0 aromatic rings. The molecule has 2 aliphatic heterocycles. The van der Waals surface area contributed by atoms with E-state index in [9.17, 15) is 19.5 Å². The van der Waals surface area contributed by atoms with Crippen LogP contribution in [0.2, 0.25) is 0 Å². The number of esters is 1. The van der Waals surface area contributed by atoms with Crippen molar-refractivity contribution in [3.8, 4) is 0 Å². The fourth-order valence-corrected chi connectivity index (χ4v) is 4.03. The third-order valence-electron chi connectivity index (χ3n) is 3.84. The minimum absolute atomic E-state index is 0.0355. The van der Waals surface area contributed by atoms with Gasteiger partial charge in [-0.15, -0.1) is 11.8 Å². The fourth-order valence-electron chi connectivity index (χ4n) is 2.67. The van der Waals surface area contributed by atoms with Crippen molar-refractivity contribution in [3.05, 3.63) is 11.3 Å². The standard InChI is InChI=1S/C15H22N2O5S/c1-3-4-5-6-16-11-13(19)17-12(15(20)21)10(7-22-9(2)18)8-23-14(11)17/h11,14,16H,3-8H2,1-2H3,(H,20,21)/t11?,14-/m0/s1. The molecule has 0 spiro atoms. The lowest BCUT2D eigenvalue weighted by molar-refractivity contribution is -0.149. The Morgan fingerprint density at radius 1 is 1.43 bits per heavy atom. The second-order valence-corrected chi connectivity index (χ2v) is 6.69. The number of β-lactam (4-membered cyclic amide) rings is 1. The molecule has 0 radical (unpaired) electrons. The Hall–Kier alpha value is -1.54. The Kier molecular flexibility index (Phi) is 6.06. The molecule has 1 fully saturated rings. The predicted molar refractivity (Wildman–Crippen MR) is 85.7 cm³/mol. The van der Waals surface area contributed by atoms with E-state index in [0.29, 0.717) is 11.3 Å². The van der Waals surface area contributed by atoms with Crippen LogP contribution in [0.4, 0.5) is 0 Å². The topological polar surface area (TPSA) is 95.9 Å². The van der Waals surface area contributed by atoms with E-state index in [1.807, 2.05) is 0 Å². The molecule has 0 bridgehead atoms. The molecule has 0 aliphatic carbocycles. The number of amides is 1. The summed E-state index contributed by atoms with van der Waals surface area (Å²) in [6.45, 7) is 4.04. The van der Waals surface area contributed by atoms with Crippen LogP contribution in [0.25, 0.3) is 0 Å². The first-order valence-corrected chi connectivity index (χ1v) is 8.79. The number of aliphatic carboxylic acids is 1. The van der Waals surface area contributed by atoms with Crippen LogP contribution >= 0.6 is 11.8 Å². The van der Waals surface area contributed by atoms with Crippen molar-refractivity contribution in [2.45, 2.75) is 44.5 Å². The molecule has 2 heterocycles. The van der Waals surface area contributed by atoms with Gasteiger partial charge < -0.3 is 15.2 Å². The Labute approximate surface area is 139 Å². The number of rotatable bonds is 8. The number of carbonyl (C=O) groups is 3. The molecule has 7 nitrogen and oxygen atoms in total. The smallest absolute Gasteiger partial charge is 0.352 e. The number of ether oxygens (including phenoxy) is 1. The van der Waals surface area contributed by atoms with Crippen LogP contribution in [-0.4, -0.2) is 58.2 Å². The van der Waals surface area contributed by atoms with Crippen LogP contribution < -0.4 is 5.32 Å². The highest BCUT2D eigenvalue weighted by molar-refractivity contribution is 8.00. The summed E-state index contributed by atoms with van der Waals surface area (Å²) in [7, 11) is 0. The SMILES string of the molecule is CCCCCNC1C(=O)N2C(C(=O)O)=C(COC(C)=O)CS[C@@H]12. The van der Waals surface area contributed by atoms with Crippen LogP contribution in [0.5, 0.6) is 0 Å². The highest BCUT2D eigenvalue weighted by Gasteiger charge is 2.53. The lowest BCUT2D eigenvalue weighted by Crippen LogP contribution is -2.70. The van der Waals surface area contributed by atoms with E-state index in [-0.39, 0.29) is 29.6 Å². The van der Waals surface area contributed by atoms with Gasteiger partial charge in [0.2, 0.25) is 5.91 Å². The van der Waals surface area contributed by atoms with E-state index in [0.717, 1.165) is 25.8 Å². The molecule has 0 saturated carbocycles. The number of nitrogens with zero attached hydrogens (tertiary/aromatic N) is 1. The number of carboxylic acids is 1. The van der Waals surface area contributed by atoms with Gasteiger partial charge in [0, 0.05) is 18.2 Å². The second kappa shape index (κ2) is 7.83. The van der Waals surface area contributed by atoms with Gasteiger partial charge in [0.25, 0.3) is 0 Å². The van der Waals surface area contributed by atoms with Gasteiger partial charge in [-0.25, -0.2) is 4.79 Å². The van der Waals surface area contributed by atoms with Crippen molar-refractivity contribution in [1.29, 1.82) is 0 Å². The molecule has 0 aromatic heterocycles. The Morgan fingerprint density at radius 3 is 2.78 bits per heavy atom. The molecule has 128 valence electrons. The molecule has 1 amide bonds. The Balaban J connectivity index is 2.04. The number of carbonyl (C=O) groups excluding carboxylic acids is 2. The summed E-state index contributed by atoms with van der Waals surface area (Å²) < 4.78 is 4.90. The van der Waals surface area contributed by atoms with Crippen molar-refractivity contribution in [1.82, 2.24) is 10.2 Å². The molecule has 2 rings (SSSR count). The zero-order valence-corrected chi connectivity index (χ0v) is 14.1. The monoisotopic (exact) mass is 342 g/mol. The zero-order valence-electron chi connectivity index (χ0n) is 13.3. The largest absolute Gasteiger partial charge is 0.477 e. The van der Waals surface area contributed by atoms with Crippen LogP contribution in [0.3, 0.4) is 0 Å². The van der Waals surface area contributed by atoms with E-state index in [4.69, 9.17) is 4.74 Å². The van der Waals surface area contributed by atoms with E-state index in [1.165, 1.54) is 23.6 Å². The van der Waals surface area contributed by atoms with Gasteiger partial charge in [-0.2, -0.15) is 0 Å². The molecule has 8 heteroatoms. The number of nitrogens with one attached hydrogen (secondary N) is 1. The quantitative estimate of drug-likeness (QED) is 0.385. The fraction of sp³-hybridized carbons (Fsp3) is 0.667. The molecule has 1 saturated heterocycles. The summed E-state index contributed by atoms with van der Waals surface area (Å²) >= 11 is 1.50. The average Bonchev–Trinajstić information content (AvgIpc) is 2.51. The maximum Gasteiger partial charge on any atom is 0.352 e. The molecule has 2 atom stereocenters. The van der Waals surface area contributed by atoms with Gasteiger partial charge in [0.05, 0.1) is 0 Å². The van der Waals surface area contributed by atoms with Crippen molar-refractivity contribution in [3.63, 3.8) is 0 Å². The third kappa shape index (κ3) is 3.87. The number of hydrogen-bond acceptors (Lipinski definition) is 6. The first kappa shape index (κ1) is 17.8. The molecule has 0 aromatic carbocycles. The van der Waals surface area contributed by atoms with Crippen molar-refractivity contribution in [2.75, 3.05) is 18.9 Å². The molecule has 2 aliphatic rings. The summed E-state index contributed by atoms with van der Waals surface area (Å²) in [4.78, 5) is 36.1. The first-order chi connectivity index (χ1) is 11.0. The average molecular weight is 342 g/mol. The van der Waals surface area contributed by atoms with Crippen molar-refractivity contribution < 1.29 is 24.2 Å². The van der Waals surface area contributed by atoms with Gasteiger partial charge in [-0.3, -0.25) is 14.5 Å². The van der Waals surface area contributed by atoms with Crippen LogP contribution in [0, 0.1) is 0 Å². The normalized spacial score (nSPS) is 23.4. The van der Waals surface area contributed by atoms with Gasteiger partial charge >= 0.3 is 11.9 Å². The van der Waals surface area contributed by atoms with E-state index in [2.05, 4.69) is 12.2 Å². The molecule has 23 heavy (non-hydrogen) atoms. The first-order valence-electron chi connectivity index (χ1n) is 7.74. The molecular formula is C15H22N2O5S. The highest BCUT2D eigenvalue weighted by Crippen LogP contribution is 2.40. The number of carboxylic acid groups (broad SMARTS) is 1. The highest BCUT2D eigenvalue weighted by atomic mass is 32.2. The predicted octanol–water partition coefficient (Wildman–Crippen LogP) is 0.952. The van der Waals surface area contributed by atoms with Gasteiger partial charge in [0.1, 0.15) is 23.7 Å². The summed E-state index contributed by atoms with van der Waals surface area (Å²) in [6, 6.07) is -0.332. The van der Waals surface area contributed by atoms with E-state index < -0.39 is 11.9 Å². The number of unbranched alkanes of at least 4 members (excludes halogenated alkanes) is 2. The van der Waals surface area contributed by atoms with Crippen LogP contribution in [0.1, 0.15) is 33.1 Å².